The predicted octanol–water partition coefficient (Wildman–Crippen LogP) is 2.10. The Labute approximate surface area is 106 Å². The largest absolute Gasteiger partial charge is 0.330 e. The van der Waals surface area contributed by atoms with Crippen LogP contribution in [0.4, 0.5) is 0 Å². The van der Waals surface area contributed by atoms with Crippen LogP contribution in [0.15, 0.2) is 0 Å². The Morgan fingerprint density at radius 2 is 1.76 bits per heavy atom. The van der Waals surface area contributed by atoms with Gasteiger partial charge in [-0.3, -0.25) is 4.90 Å². The van der Waals surface area contributed by atoms with Gasteiger partial charge in [-0.15, -0.1) is 6.42 Å². The van der Waals surface area contributed by atoms with Gasteiger partial charge in [-0.25, -0.2) is 0 Å². The lowest BCUT2D eigenvalue weighted by molar-refractivity contribution is 0.161. The predicted molar refractivity (Wildman–Crippen MR) is 72.5 cm³/mol. The molecule has 0 aromatic rings. The first-order valence-electron chi connectivity index (χ1n) is 7.19. The molecule has 2 aliphatic rings. The summed E-state index contributed by atoms with van der Waals surface area (Å²) in [5.41, 5.74) is 5.90. The van der Waals surface area contributed by atoms with Gasteiger partial charge in [0.05, 0.1) is 6.54 Å². The quantitative estimate of drug-likeness (QED) is 0.713. The Bertz CT molecular complexity index is 265. The smallest absolute Gasteiger partial charge is 0.0599 e. The third kappa shape index (κ3) is 4.01. The van der Waals surface area contributed by atoms with Gasteiger partial charge in [-0.1, -0.05) is 18.8 Å². The van der Waals surface area contributed by atoms with Crippen LogP contribution in [0.2, 0.25) is 0 Å². The summed E-state index contributed by atoms with van der Waals surface area (Å²) in [7, 11) is 0. The van der Waals surface area contributed by atoms with Gasteiger partial charge < -0.3 is 5.73 Å². The first kappa shape index (κ1) is 12.9. The van der Waals surface area contributed by atoms with Crippen LogP contribution >= 0.6 is 0 Å². The monoisotopic (exact) mass is 234 g/mol. The first-order valence-corrected chi connectivity index (χ1v) is 7.19. The van der Waals surface area contributed by atoms with Crippen LogP contribution in [0.5, 0.6) is 0 Å². The summed E-state index contributed by atoms with van der Waals surface area (Å²) in [6.07, 6.45) is 13.7. The highest BCUT2D eigenvalue weighted by Gasteiger charge is 2.29. The van der Waals surface area contributed by atoms with Crippen molar-refractivity contribution in [1.29, 1.82) is 0 Å². The van der Waals surface area contributed by atoms with E-state index in [1.165, 1.54) is 51.6 Å². The summed E-state index contributed by atoms with van der Waals surface area (Å²) in [5, 5.41) is 0. The van der Waals surface area contributed by atoms with Crippen LogP contribution < -0.4 is 5.73 Å². The maximum atomic E-state index is 5.90. The van der Waals surface area contributed by atoms with Gasteiger partial charge in [-0.05, 0) is 50.0 Å². The maximum absolute atomic E-state index is 5.90. The minimum absolute atomic E-state index is 0.739. The number of hydrogen-bond acceptors (Lipinski definition) is 2. The molecule has 96 valence electrons. The zero-order chi connectivity index (χ0) is 12.1. The molecule has 0 saturated heterocycles. The molecule has 17 heavy (non-hydrogen) atoms. The number of nitrogens with zero attached hydrogens (tertiary/aromatic N) is 1. The van der Waals surface area contributed by atoms with Crippen molar-refractivity contribution in [2.75, 3.05) is 26.2 Å². The highest BCUT2D eigenvalue weighted by atomic mass is 15.1. The summed E-state index contributed by atoms with van der Waals surface area (Å²) in [4.78, 5) is 2.50. The zero-order valence-corrected chi connectivity index (χ0v) is 10.9. The lowest BCUT2D eigenvalue weighted by Gasteiger charge is -2.34. The molecule has 2 unspecified atom stereocenters. The van der Waals surface area contributed by atoms with Crippen molar-refractivity contribution in [3.8, 4) is 12.3 Å². The second-order valence-corrected chi connectivity index (χ2v) is 5.88. The fourth-order valence-electron chi connectivity index (χ4n) is 3.17. The number of rotatable bonds is 6. The van der Waals surface area contributed by atoms with E-state index in [4.69, 9.17) is 12.2 Å². The topological polar surface area (TPSA) is 29.3 Å². The van der Waals surface area contributed by atoms with Gasteiger partial charge in [-0.2, -0.15) is 0 Å². The molecule has 0 bridgehead atoms. The van der Waals surface area contributed by atoms with Crippen molar-refractivity contribution >= 4 is 0 Å². The van der Waals surface area contributed by atoms with Crippen molar-refractivity contribution < 1.29 is 0 Å². The molecule has 2 heteroatoms. The summed E-state index contributed by atoms with van der Waals surface area (Å²) >= 11 is 0. The van der Waals surface area contributed by atoms with Gasteiger partial charge in [0.25, 0.3) is 0 Å². The van der Waals surface area contributed by atoms with Crippen LogP contribution in [-0.4, -0.2) is 31.1 Å². The molecule has 0 aromatic carbocycles. The fraction of sp³-hybridized carbons (Fsp3) is 0.867. The van der Waals surface area contributed by atoms with Crippen LogP contribution in [0.1, 0.15) is 38.5 Å². The SMILES string of the molecule is C#CCN(CC1CC1)CC1CCCCC1CN. The minimum atomic E-state index is 0.739. The van der Waals surface area contributed by atoms with Crippen LogP contribution in [-0.2, 0) is 0 Å². The average molecular weight is 234 g/mol. The van der Waals surface area contributed by atoms with Crippen molar-refractivity contribution in [3.05, 3.63) is 0 Å². The van der Waals surface area contributed by atoms with Gasteiger partial charge in [0.2, 0.25) is 0 Å². The second kappa shape index (κ2) is 6.42. The second-order valence-electron chi connectivity index (χ2n) is 5.88. The van der Waals surface area contributed by atoms with E-state index in [2.05, 4.69) is 10.8 Å². The Kier molecular flexibility index (Phi) is 4.88. The molecular formula is C15H26N2. The van der Waals surface area contributed by atoms with Crippen LogP contribution in [0.3, 0.4) is 0 Å². The maximum Gasteiger partial charge on any atom is 0.0599 e. The van der Waals surface area contributed by atoms with Gasteiger partial charge in [0, 0.05) is 13.1 Å². The number of hydrogen-bond donors (Lipinski definition) is 1. The summed E-state index contributed by atoms with van der Waals surface area (Å²) < 4.78 is 0. The zero-order valence-electron chi connectivity index (χ0n) is 10.9. The fourth-order valence-corrected chi connectivity index (χ4v) is 3.17. The standard InChI is InChI=1S/C15H26N2/c1-2-9-17(11-13-7-8-13)12-15-6-4-3-5-14(15)10-16/h1,13-15H,3-12,16H2. The molecule has 0 aromatic heterocycles. The third-order valence-electron chi connectivity index (χ3n) is 4.39. The molecule has 2 rings (SSSR count). The van der Waals surface area contributed by atoms with Gasteiger partial charge in [0.1, 0.15) is 0 Å². The van der Waals surface area contributed by atoms with E-state index < -0.39 is 0 Å². The van der Waals surface area contributed by atoms with E-state index in [-0.39, 0.29) is 0 Å². The molecule has 2 N–H and O–H groups in total. The average Bonchev–Trinajstić information content (AvgIpc) is 3.14. The van der Waals surface area contributed by atoms with E-state index in [0.717, 1.165) is 30.8 Å². The summed E-state index contributed by atoms with van der Waals surface area (Å²) in [6, 6.07) is 0. The van der Waals surface area contributed by atoms with Crippen LogP contribution in [0, 0.1) is 30.1 Å². The van der Waals surface area contributed by atoms with Crippen molar-refractivity contribution in [2.45, 2.75) is 38.5 Å². The lowest BCUT2D eigenvalue weighted by Crippen LogP contribution is -2.38. The molecule has 0 aliphatic heterocycles. The molecule has 2 aliphatic carbocycles. The molecule has 0 radical (unpaired) electrons. The number of nitrogens with two attached hydrogens (primary N) is 1. The third-order valence-corrected chi connectivity index (χ3v) is 4.39. The van der Waals surface area contributed by atoms with E-state index in [1.807, 2.05) is 0 Å². The Hall–Kier alpha value is -0.520. The van der Waals surface area contributed by atoms with Crippen molar-refractivity contribution in [1.82, 2.24) is 4.90 Å². The Morgan fingerprint density at radius 1 is 1.06 bits per heavy atom. The Balaban J connectivity index is 1.83. The minimum Gasteiger partial charge on any atom is -0.330 e. The molecule has 0 spiro atoms. The molecule has 2 saturated carbocycles. The summed E-state index contributed by atoms with van der Waals surface area (Å²) in [5.74, 6) is 5.28. The highest BCUT2D eigenvalue weighted by Crippen LogP contribution is 2.33. The molecule has 2 atom stereocenters. The molecule has 2 nitrogen and oxygen atoms in total. The Morgan fingerprint density at radius 3 is 2.35 bits per heavy atom. The summed E-state index contributed by atoms with van der Waals surface area (Å²) in [6.45, 7) is 4.09. The molecule has 0 amide bonds. The van der Waals surface area contributed by atoms with E-state index >= 15 is 0 Å². The van der Waals surface area contributed by atoms with Gasteiger partial charge >= 0.3 is 0 Å². The molecule has 0 heterocycles. The number of terminal acetylenes is 1. The van der Waals surface area contributed by atoms with Gasteiger partial charge in [0.15, 0.2) is 0 Å². The van der Waals surface area contributed by atoms with E-state index in [9.17, 15) is 0 Å². The highest BCUT2D eigenvalue weighted by molar-refractivity contribution is 4.91. The first-order chi connectivity index (χ1) is 8.33. The van der Waals surface area contributed by atoms with Crippen molar-refractivity contribution in [2.24, 2.45) is 23.5 Å². The molecule has 2 fully saturated rings. The lowest BCUT2D eigenvalue weighted by atomic mass is 9.79. The van der Waals surface area contributed by atoms with Crippen molar-refractivity contribution in [3.63, 3.8) is 0 Å². The molecular weight excluding hydrogens is 208 g/mol. The van der Waals surface area contributed by atoms with Crippen LogP contribution in [0.25, 0.3) is 0 Å². The van der Waals surface area contributed by atoms with E-state index in [0.29, 0.717) is 0 Å². The van der Waals surface area contributed by atoms with E-state index in [1.54, 1.807) is 0 Å². The normalized spacial score (nSPS) is 29.2.